The lowest BCUT2D eigenvalue weighted by Gasteiger charge is -2.28. The first kappa shape index (κ1) is 23.2. The summed E-state index contributed by atoms with van der Waals surface area (Å²) in [4.78, 5) is 33.3. The topological polar surface area (TPSA) is 83.9 Å². The van der Waals surface area contributed by atoms with Gasteiger partial charge in [-0.2, -0.15) is 4.98 Å². The van der Waals surface area contributed by atoms with E-state index in [0.717, 1.165) is 54.4 Å². The van der Waals surface area contributed by atoms with Crippen LogP contribution in [-0.2, 0) is 15.9 Å². The number of rotatable bonds is 7. The minimum Gasteiger partial charge on any atom is -0.383 e. The maximum absolute atomic E-state index is 13.0. The molecule has 0 bridgehead atoms. The molecule has 9 nitrogen and oxygen atoms in total. The Morgan fingerprint density at radius 1 is 1.11 bits per heavy atom. The van der Waals surface area contributed by atoms with Crippen LogP contribution in [-0.4, -0.2) is 85.9 Å². The number of nitrogens with zero attached hydrogens (tertiary/aromatic N) is 6. The van der Waals surface area contributed by atoms with Crippen molar-refractivity contribution in [3.05, 3.63) is 59.9 Å². The van der Waals surface area contributed by atoms with Crippen LogP contribution in [0.5, 0.6) is 0 Å². The number of benzene rings is 1. The number of carbonyl (C=O) groups excluding carboxylic acids is 1. The Hall–Kier alpha value is -3.56. The number of ether oxygens (including phenoxy) is 2. The van der Waals surface area contributed by atoms with Crippen molar-refractivity contribution in [1.82, 2.24) is 19.9 Å². The first-order valence-corrected chi connectivity index (χ1v) is 11.9. The Labute approximate surface area is 205 Å². The molecule has 0 unspecified atom stereocenters. The molecule has 0 aliphatic carbocycles. The van der Waals surface area contributed by atoms with E-state index in [0.29, 0.717) is 37.9 Å². The quantitative estimate of drug-likeness (QED) is 0.517. The molecule has 1 fully saturated rings. The molecular formula is C26H30N6O3. The third kappa shape index (κ3) is 4.82. The van der Waals surface area contributed by atoms with Gasteiger partial charge in [-0.1, -0.05) is 12.1 Å². The average molecular weight is 475 g/mol. The molecule has 2 aliphatic rings. The summed E-state index contributed by atoms with van der Waals surface area (Å²) in [5.41, 5.74) is 4.57. The van der Waals surface area contributed by atoms with Crippen molar-refractivity contribution in [2.45, 2.75) is 6.42 Å². The number of amides is 1. The molecule has 5 rings (SSSR count). The van der Waals surface area contributed by atoms with E-state index in [9.17, 15) is 4.79 Å². The number of hydrogen-bond acceptors (Lipinski definition) is 8. The van der Waals surface area contributed by atoms with Crippen molar-refractivity contribution in [2.24, 2.45) is 0 Å². The van der Waals surface area contributed by atoms with Crippen molar-refractivity contribution in [2.75, 3.05) is 70.0 Å². The van der Waals surface area contributed by atoms with E-state index in [1.807, 2.05) is 36.4 Å². The second-order valence-corrected chi connectivity index (χ2v) is 8.68. The Morgan fingerprint density at radius 3 is 2.69 bits per heavy atom. The van der Waals surface area contributed by atoms with Crippen LogP contribution < -0.4 is 9.80 Å². The highest BCUT2D eigenvalue weighted by Gasteiger charge is 2.29. The van der Waals surface area contributed by atoms with E-state index in [4.69, 9.17) is 19.4 Å². The van der Waals surface area contributed by atoms with Gasteiger partial charge in [0, 0.05) is 75.1 Å². The highest BCUT2D eigenvalue weighted by atomic mass is 16.5. The second kappa shape index (κ2) is 10.4. The first-order chi connectivity index (χ1) is 17.2. The van der Waals surface area contributed by atoms with Gasteiger partial charge in [0.15, 0.2) is 0 Å². The number of hydrogen-bond donors (Lipinski definition) is 0. The lowest BCUT2D eigenvalue weighted by Crippen LogP contribution is -2.37. The summed E-state index contributed by atoms with van der Waals surface area (Å²) >= 11 is 0. The molecule has 0 N–H and O–H groups in total. The van der Waals surface area contributed by atoms with E-state index in [1.165, 1.54) is 0 Å². The predicted molar refractivity (Wildman–Crippen MR) is 134 cm³/mol. The van der Waals surface area contributed by atoms with Gasteiger partial charge < -0.3 is 24.2 Å². The number of fused-ring (bicyclic) bond motifs is 1. The third-order valence-electron chi connectivity index (χ3n) is 6.44. The number of pyridine rings is 1. The Bertz CT molecular complexity index is 1180. The van der Waals surface area contributed by atoms with Crippen molar-refractivity contribution in [3.63, 3.8) is 0 Å². The zero-order valence-corrected chi connectivity index (χ0v) is 20.2. The van der Waals surface area contributed by atoms with E-state index in [2.05, 4.69) is 14.8 Å². The summed E-state index contributed by atoms with van der Waals surface area (Å²) < 4.78 is 10.7. The van der Waals surface area contributed by atoms with Gasteiger partial charge in [0.25, 0.3) is 5.91 Å². The molecule has 0 spiro atoms. The predicted octanol–water partition coefficient (Wildman–Crippen LogP) is 2.79. The molecule has 2 aromatic heterocycles. The number of carbonyl (C=O) groups is 1. The lowest BCUT2D eigenvalue weighted by molar-refractivity contribution is 0.0744. The van der Waals surface area contributed by atoms with Crippen LogP contribution in [0.4, 0.5) is 17.5 Å². The molecule has 1 saturated heterocycles. The van der Waals surface area contributed by atoms with Crippen LogP contribution in [0, 0.1) is 0 Å². The lowest BCUT2D eigenvalue weighted by atomic mass is 10.0. The molecule has 3 aromatic rings. The fraction of sp³-hybridized carbons (Fsp3) is 0.385. The fourth-order valence-corrected chi connectivity index (χ4v) is 4.51. The zero-order valence-electron chi connectivity index (χ0n) is 20.2. The van der Waals surface area contributed by atoms with Gasteiger partial charge >= 0.3 is 0 Å². The highest BCUT2D eigenvalue weighted by molar-refractivity contribution is 5.95. The Kier molecular flexibility index (Phi) is 6.87. The zero-order chi connectivity index (χ0) is 24.2. The van der Waals surface area contributed by atoms with E-state index < -0.39 is 0 Å². The molecule has 4 heterocycles. The molecule has 1 amide bonds. The number of anilines is 3. The van der Waals surface area contributed by atoms with Crippen molar-refractivity contribution in [3.8, 4) is 11.3 Å². The summed E-state index contributed by atoms with van der Waals surface area (Å²) in [7, 11) is 3.43. The van der Waals surface area contributed by atoms with E-state index in [1.54, 1.807) is 31.5 Å². The third-order valence-corrected chi connectivity index (χ3v) is 6.44. The van der Waals surface area contributed by atoms with Crippen LogP contribution in [0.25, 0.3) is 11.3 Å². The largest absolute Gasteiger partial charge is 0.383 e. The molecule has 1 aromatic carbocycles. The van der Waals surface area contributed by atoms with E-state index in [-0.39, 0.29) is 5.91 Å². The van der Waals surface area contributed by atoms with Crippen LogP contribution >= 0.6 is 0 Å². The van der Waals surface area contributed by atoms with Crippen LogP contribution in [0.2, 0.25) is 0 Å². The summed E-state index contributed by atoms with van der Waals surface area (Å²) in [6.45, 7) is 4.64. The SMILES string of the molecule is COCCN(C)C(=O)c1cccc(-c2nc(N3CCOCC3)nc3c2CCN3c2ccncc2)c1. The smallest absolute Gasteiger partial charge is 0.253 e. The van der Waals surface area contributed by atoms with Gasteiger partial charge in [-0.15, -0.1) is 0 Å². The van der Waals surface area contributed by atoms with Crippen LogP contribution in [0.1, 0.15) is 15.9 Å². The molecule has 0 saturated carbocycles. The maximum atomic E-state index is 13.0. The number of methoxy groups -OCH3 is 1. The summed E-state index contributed by atoms with van der Waals surface area (Å²) in [5, 5.41) is 0. The molecule has 9 heteroatoms. The fourth-order valence-electron chi connectivity index (χ4n) is 4.51. The van der Waals surface area contributed by atoms with Gasteiger partial charge in [0.1, 0.15) is 5.82 Å². The minimum absolute atomic E-state index is 0.0404. The second-order valence-electron chi connectivity index (χ2n) is 8.68. The highest BCUT2D eigenvalue weighted by Crippen LogP contribution is 2.39. The molecule has 0 radical (unpaired) electrons. The minimum atomic E-state index is -0.0404. The monoisotopic (exact) mass is 474 g/mol. The molecule has 2 aliphatic heterocycles. The standard InChI is InChI=1S/C26H30N6O3/c1-30(12-15-34-2)25(33)20-5-3-4-19(18-20)23-22-8-11-32(21-6-9-27-10-7-21)24(22)29-26(28-23)31-13-16-35-17-14-31/h3-7,9-10,18H,8,11-17H2,1-2H3. The number of morpholine rings is 1. The van der Waals surface area contributed by atoms with Crippen molar-refractivity contribution in [1.29, 1.82) is 0 Å². The average Bonchev–Trinajstić information content (AvgIpc) is 3.36. The van der Waals surface area contributed by atoms with Gasteiger partial charge in [-0.05, 0) is 30.7 Å². The summed E-state index contributed by atoms with van der Waals surface area (Å²) in [6, 6.07) is 11.7. The Balaban J connectivity index is 1.56. The maximum Gasteiger partial charge on any atom is 0.253 e. The first-order valence-electron chi connectivity index (χ1n) is 11.9. The normalized spacial score (nSPS) is 15.3. The molecule has 35 heavy (non-hydrogen) atoms. The number of aromatic nitrogens is 3. The van der Waals surface area contributed by atoms with Gasteiger partial charge in [-0.25, -0.2) is 4.98 Å². The van der Waals surface area contributed by atoms with Gasteiger partial charge in [0.05, 0.1) is 25.5 Å². The van der Waals surface area contributed by atoms with Crippen LogP contribution in [0.15, 0.2) is 48.8 Å². The van der Waals surface area contributed by atoms with Gasteiger partial charge in [-0.3, -0.25) is 9.78 Å². The number of likely N-dealkylation sites (N-methyl/N-ethyl adjacent to an activating group) is 1. The van der Waals surface area contributed by atoms with Crippen molar-refractivity contribution < 1.29 is 14.3 Å². The Morgan fingerprint density at radius 2 is 1.91 bits per heavy atom. The summed E-state index contributed by atoms with van der Waals surface area (Å²) in [5.74, 6) is 1.56. The summed E-state index contributed by atoms with van der Waals surface area (Å²) in [6.07, 6.45) is 4.42. The molecule has 182 valence electrons. The van der Waals surface area contributed by atoms with Gasteiger partial charge in [0.2, 0.25) is 5.95 Å². The molecular weight excluding hydrogens is 444 g/mol. The van der Waals surface area contributed by atoms with Crippen molar-refractivity contribution >= 4 is 23.4 Å². The van der Waals surface area contributed by atoms with Crippen LogP contribution in [0.3, 0.4) is 0 Å². The molecule has 0 atom stereocenters. The van der Waals surface area contributed by atoms with E-state index >= 15 is 0 Å².